The van der Waals surface area contributed by atoms with Crippen LogP contribution in [0.1, 0.15) is 53.8 Å². The smallest absolute Gasteiger partial charge is 0.270 e. The summed E-state index contributed by atoms with van der Waals surface area (Å²) in [6.45, 7) is 4.55. The highest BCUT2D eigenvalue weighted by molar-refractivity contribution is 6.00. The van der Waals surface area contributed by atoms with Crippen molar-refractivity contribution in [1.82, 2.24) is 15.3 Å². The number of nitrogens with one attached hydrogen (secondary N) is 1. The number of hydrogen-bond donors (Lipinski definition) is 1. The third-order valence-electron chi connectivity index (χ3n) is 6.05. The van der Waals surface area contributed by atoms with Gasteiger partial charge in [-0.3, -0.25) is 14.5 Å². The predicted octanol–water partition coefficient (Wildman–Crippen LogP) is 3.19. The van der Waals surface area contributed by atoms with E-state index in [4.69, 9.17) is 0 Å². The lowest BCUT2D eigenvalue weighted by atomic mass is 9.71. The van der Waals surface area contributed by atoms with Crippen LogP contribution in [0.15, 0.2) is 36.5 Å². The molecule has 6 heteroatoms. The molecule has 2 fully saturated rings. The van der Waals surface area contributed by atoms with Gasteiger partial charge in [-0.2, -0.15) is 0 Å². The third kappa shape index (κ3) is 3.39. The number of rotatable bonds is 3. The molecular weight excluding hydrogens is 352 g/mol. The third-order valence-corrected chi connectivity index (χ3v) is 6.05. The van der Waals surface area contributed by atoms with E-state index in [1.807, 2.05) is 43.0 Å². The largest absolute Gasteiger partial charge is 0.348 e. The van der Waals surface area contributed by atoms with Crippen LogP contribution in [0.4, 0.5) is 5.82 Å². The summed E-state index contributed by atoms with van der Waals surface area (Å²) in [6.07, 6.45) is 5.95. The van der Waals surface area contributed by atoms with Crippen LogP contribution in [0.2, 0.25) is 0 Å². The van der Waals surface area contributed by atoms with Gasteiger partial charge < -0.3 is 5.32 Å². The van der Waals surface area contributed by atoms with Gasteiger partial charge in [0.2, 0.25) is 5.91 Å². The lowest BCUT2D eigenvalue weighted by Gasteiger charge is -2.36. The molecule has 4 rings (SSSR count). The summed E-state index contributed by atoms with van der Waals surface area (Å²) >= 11 is 0. The average Bonchev–Trinajstić information content (AvgIpc) is 2.98. The first-order valence-corrected chi connectivity index (χ1v) is 9.97. The van der Waals surface area contributed by atoms with Crippen molar-refractivity contribution in [2.24, 2.45) is 5.41 Å². The van der Waals surface area contributed by atoms with Gasteiger partial charge in [-0.25, -0.2) is 9.97 Å². The van der Waals surface area contributed by atoms with Crippen molar-refractivity contribution in [1.29, 1.82) is 0 Å². The monoisotopic (exact) mass is 378 g/mol. The summed E-state index contributed by atoms with van der Waals surface area (Å²) in [5.74, 6) is 0.759. The number of nitrogens with zero attached hydrogens (tertiary/aromatic N) is 3. The van der Waals surface area contributed by atoms with Gasteiger partial charge in [-0.15, -0.1) is 0 Å². The van der Waals surface area contributed by atoms with E-state index in [2.05, 4.69) is 15.3 Å². The minimum atomic E-state index is -0.389. The van der Waals surface area contributed by atoms with Crippen LogP contribution < -0.4 is 10.2 Å². The normalized spacial score (nSPS) is 24.6. The van der Waals surface area contributed by atoms with Crippen LogP contribution in [0.25, 0.3) is 0 Å². The number of aryl methyl sites for hydroxylation is 2. The molecule has 1 aliphatic heterocycles. The second-order valence-corrected chi connectivity index (χ2v) is 8.06. The molecule has 0 radical (unpaired) electrons. The van der Waals surface area contributed by atoms with Crippen LogP contribution in [0.3, 0.4) is 0 Å². The number of carbonyl (C=O) groups excluding carboxylic acids is 2. The van der Waals surface area contributed by atoms with Crippen molar-refractivity contribution in [3.63, 3.8) is 0 Å². The molecule has 1 saturated carbocycles. The first-order valence-electron chi connectivity index (χ1n) is 9.97. The van der Waals surface area contributed by atoms with Crippen molar-refractivity contribution in [2.75, 3.05) is 11.4 Å². The number of aromatic nitrogens is 2. The van der Waals surface area contributed by atoms with E-state index in [-0.39, 0.29) is 23.3 Å². The van der Waals surface area contributed by atoms with Gasteiger partial charge in [0.1, 0.15) is 11.5 Å². The second-order valence-electron chi connectivity index (χ2n) is 8.06. The first kappa shape index (κ1) is 18.6. The van der Waals surface area contributed by atoms with E-state index in [0.717, 1.165) is 42.8 Å². The summed E-state index contributed by atoms with van der Waals surface area (Å²) < 4.78 is 0. The number of pyridine rings is 2. The molecule has 146 valence electrons. The molecule has 2 aromatic heterocycles. The van der Waals surface area contributed by atoms with Gasteiger partial charge >= 0.3 is 0 Å². The fourth-order valence-electron chi connectivity index (χ4n) is 4.62. The molecule has 2 atom stereocenters. The van der Waals surface area contributed by atoms with E-state index in [1.54, 1.807) is 12.3 Å². The zero-order valence-corrected chi connectivity index (χ0v) is 16.4. The first-order chi connectivity index (χ1) is 13.5. The molecule has 0 aromatic carbocycles. The Bertz CT molecular complexity index is 913. The van der Waals surface area contributed by atoms with Crippen molar-refractivity contribution in [2.45, 2.75) is 52.0 Å². The zero-order valence-electron chi connectivity index (χ0n) is 16.4. The van der Waals surface area contributed by atoms with Gasteiger partial charge in [0, 0.05) is 24.5 Å². The number of amides is 2. The fourth-order valence-corrected chi connectivity index (χ4v) is 4.62. The molecule has 6 nitrogen and oxygen atoms in total. The Balaban J connectivity index is 1.48. The number of anilines is 1. The molecule has 0 bridgehead atoms. The van der Waals surface area contributed by atoms with E-state index in [0.29, 0.717) is 18.7 Å². The van der Waals surface area contributed by atoms with E-state index < -0.39 is 0 Å². The summed E-state index contributed by atoms with van der Waals surface area (Å²) in [5.41, 5.74) is 1.88. The van der Waals surface area contributed by atoms with Crippen LogP contribution in [-0.2, 0) is 4.79 Å². The van der Waals surface area contributed by atoms with Gasteiger partial charge in [0.05, 0.1) is 5.41 Å². The predicted molar refractivity (Wildman–Crippen MR) is 107 cm³/mol. The maximum Gasteiger partial charge on any atom is 0.270 e. The molecule has 2 amide bonds. The Morgan fingerprint density at radius 3 is 2.86 bits per heavy atom. The topological polar surface area (TPSA) is 75.2 Å². The Morgan fingerprint density at radius 2 is 2.07 bits per heavy atom. The maximum absolute atomic E-state index is 13.3. The lowest BCUT2D eigenvalue weighted by Crippen LogP contribution is -2.46. The van der Waals surface area contributed by atoms with Gasteiger partial charge in [0.15, 0.2) is 0 Å². The molecule has 1 N–H and O–H groups in total. The lowest BCUT2D eigenvalue weighted by molar-refractivity contribution is -0.127. The Morgan fingerprint density at radius 1 is 1.21 bits per heavy atom. The molecule has 1 unspecified atom stereocenters. The van der Waals surface area contributed by atoms with Crippen molar-refractivity contribution < 1.29 is 9.59 Å². The van der Waals surface area contributed by atoms with Gasteiger partial charge in [-0.1, -0.05) is 18.6 Å². The van der Waals surface area contributed by atoms with Crippen LogP contribution in [0.5, 0.6) is 0 Å². The van der Waals surface area contributed by atoms with Crippen LogP contribution >= 0.6 is 0 Å². The fraction of sp³-hybridized carbons (Fsp3) is 0.455. The minimum Gasteiger partial charge on any atom is -0.348 e. The van der Waals surface area contributed by atoms with Gasteiger partial charge in [-0.05, 0) is 63.3 Å². The zero-order chi connectivity index (χ0) is 19.7. The Labute approximate surface area is 165 Å². The highest BCUT2D eigenvalue weighted by Gasteiger charge is 2.50. The molecule has 28 heavy (non-hydrogen) atoms. The minimum absolute atomic E-state index is 0.00251. The molecule has 3 heterocycles. The van der Waals surface area contributed by atoms with E-state index in [1.165, 1.54) is 0 Å². The molecular formula is C22H26N4O2. The molecule has 2 aliphatic rings. The Hall–Kier alpha value is -2.76. The summed E-state index contributed by atoms with van der Waals surface area (Å²) in [5, 5.41) is 3.11. The molecule has 2 aromatic rings. The quantitative estimate of drug-likeness (QED) is 0.890. The summed E-state index contributed by atoms with van der Waals surface area (Å²) in [4.78, 5) is 36.5. The van der Waals surface area contributed by atoms with Crippen LogP contribution in [0, 0.1) is 19.3 Å². The van der Waals surface area contributed by atoms with Crippen molar-refractivity contribution in [3.05, 3.63) is 53.5 Å². The standard InChI is InChI=1S/C22H26N4O2/c1-15-6-5-12-23-19(15)26-13-11-22(21(26)28)10-4-8-17(14-22)25-20(27)18-9-3-7-16(2)24-18/h3,5-7,9,12,17H,4,8,10-11,13-14H2,1-2H3,(H,25,27)/t17-,22?/m0/s1. The second kappa shape index (κ2) is 7.34. The Kier molecular flexibility index (Phi) is 4.87. The van der Waals surface area contributed by atoms with E-state index in [9.17, 15) is 9.59 Å². The maximum atomic E-state index is 13.3. The highest BCUT2D eigenvalue weighted by atomic mass is 16.2. The molecule has 1 saturated heterocycles. The van der Waals surface area contributed by atoms with Crippen LogP contribution in [-0.4, -0.2) is 34.4 Å². The summed E-state index contributed by atoms with van der Waals surface area (Å²) in [7, 11) is 0. The SMILES string of the molecule is Cc1cccc(C(=O)N[C@H]2CCCC3(CCN(c4ncccc4C)C3=O)C2)n1. The number of carbonyl (C=O) groups is 2. The van der Waals surface area contributed by atoms with E-state index >= 15 is 0 Å². The van der Waals surface area contributed by atoms with Gasteiger partial charge in [0.25, 0.3) is 5.91 Å². The average molecular weight is 378 g/mol. The van der Waals surface area contributed by atoms with Crippen molar-refractivity contribution in [3.8, 4) is 0 Å². The molecule has 1 spiro atoms. The highest BCUT2D eigenvalue weighted by Crippen LogP contribution is 2.46. The van der Waals surface area contributed by atoms with Crippen molar-refractivity contribution >= 4 is 17.6 Å². The number of hydrogen-bond acceptors (Lipinski definition) is 4. The summed E-state index contributed by atoms with van der Waals surface area (Å²) in [6, 6.07) is 9.32. The molecule has 1 aliphatic carbocycles.